The molecule has 3 rings (SSSR count). The van der Waals surface area contributed by atoms with Gasteiger partial charge in [0.05, 0.1) is 24.4 Å². The molecule has 2 N–H and O–H groups in total. The maximum atomic E-state index is 12.7. The van der Waals surface area contributed by atoms with Gasteiger partial charge >= 0.3 is 5.97 Å². The number of carbonyl (C=O) groups is 2. The Bertz CT molecular complexity index is 964. The Kier molecular flexibility index (Phi) is 6.15. The van der Waals surface area contributed by atoms with Gasteiger partial charge in [-0.2, -0.15) is 5.10 Å². The number of benzene rings is 1. The SMILES string of the molecule is COC(=O)CC(NC(=O)Cn1c(-c2cccs2)n[nH]c1=S)c1ccccc1. The van der Waals surface area contributed by atoms with Crippen LogP contribution in [0.2, 0.25) is 0 Å². The lowest BCUT2D eigenvalue weighted by Crippen LogP contribution is -2.33. The van der Waals surface area contributed by atoms with E-state index in [0.29, 0.717) is 10.6 Å². The van der Waals surface area contributed by atoms with Crippen molar-refractivity contribution >= 4 is 35.4 Å². The van der Waals surface area contributed by atoms with Crippen molar-refractivity contribution in [1.82, 2.24) is 20.1 Å². The monoisotopic (exact) mass is 402 g/mol. The van der Waals surface area contributed by atoms with Crippen LogP contribution in [0.3, 0.4) is 0 Å². The summed E-state index contributed by atoms with van der Waals surface area (Å²) in [6, 6.07) is 12.6. The smallest absolute Gasteiger partial charge is 0.307 e. The molecule has 0 saturated carbocycles. The summed E-state index contributed by atoms with van der Waals surface area (Å²) in [4.78, 5) is 25.3. The molecule has 0 fully saturated rings. The van der Waals surface area contributed by atoms with Gasteiger partial charge in [-0.3, -0.25) is 19.3 Å². The van der Waals surface area contributed by atoms with E-state index in [9.17, 15) is 9.59 Å². The zero-order valence-corrected chi connectivity index (χ0v) is 16.2. The van der Waals surface area contributed by atoms with Gasteiger partial charge < -0.3 is 10.1 Å². The normalized spacial score (nSPS) is 11.7. The van der Waals surface area contributed by atoms with Crippen LogP contribution in [-0.4, -0.2) is 33.8 Å². The quantitative estimate of drug-likeness (QED) is 0.468. The number of H-pyrrole nitrogens is 1. The van der Waals surface area contributed by atoms with Crippen LogP contribution in [0.4, 0.5) is 0 Å². The topological polar surface area (TPSA) is 89.0 Å². The molecule has 3 aromatic rings. The summed E-state index contributed by atoms with van der Waals surface area (Å²) in [5, 5.41) is 11.8. The van der Waals surface area contributed by atoms with Crippen molar-refractivity contribution in [3.63, 3.8) is 0 Å². The number of rotatable bonds is 7. The minimum absolute atomic E-state index is 0.00687. The summed E-state index contributed by atoms with van der Waals surface area (Å²) in [5.74, 6) is -0.0687. The second-order valence-electron chi connectivity index (χ2n) is 5.73. The van der Waals surface area contributed by atoms with Gasteiger partial charge in [-0.25, -0.2) is 0 Å². The van der Waals surface area contributed by atoms with Gasteiger partial charge in [0, 0.05) is 0 Å². The number of hydrogen-bond acceptors (Lipinski definition) is 6. The van der Waals surface area contributed by atoms with E-state index in [2.05, 4.69) is 15.5 Å². The number of nitrogens with zero attached hydrogens (tertiary/aromatic N) is 2. The predicted molar refractivity (Wildman–Crippen MR) is 105 cm³/mol. The number of hydrogen-bond donors (Lipinski definition) is 2. The Morgan fingerprint density at radius 2 is 2.07 bits per heavy atom. The molecule has 0 bridgehead atoms. The third-order valence-corrected chi connectivity index (χ3v) is 5.11. The lowest BCUT2D eigenvalue weighted by molar-refractivity contribution is -0.141. The van der Waals surface area contributed by atoms with E-state index in [1.807, 2.05) is 47.8 Å². The first-order valence-corrected chi connectivity index (χ1v) is 9.47. The zero-order chi connectivity index (χ0) is 19.2. The van der Waals surface area contributed by atoms with Gasteiger partial charge in [0.2, 0.25) is 5.91 Å². The largest absolute Gasteiger partial charge is 0.469 e. The van der Waals surface area contributed by atoms with E-state index in [-0.39, 0.29) is 18.9 Å². The van der Waals surface area contributed by atoms with Crippen molar-refractivity contribution in [3.05, 3.63) is 58.2 Å². The molecule has 9 heteroatoms. The molecule has 0 aliphatic heterocycles. The van der Waals surface area contributed by atoms with E-state index >= 15 is 0 Å². The van der Waals surface area contributed by atoms with Gasteiger partial charge in [0.1, 0.15) is 6.54 Å². The van der Waals surface area contributed by atoms with Crippen LogP contribution in [0, 0.1) is 4.77 Å². The van der Waals surface area contributed by atoms with E-state index in [4.69, 9.17) is 17.0 Å². The molecule has 7 nitrogen and oxygen atoms in total. The Labute approximate surface area is 165 Å². The van der Waals surface area contributed by atoms with E-state index in [1.54, 1.807) is 4.57 Å². The molecule has 2 heterocycles. The van der Waals surface area contributed by atoms with Crippen LogP contribution >= 0.6 is 23.6 Å². The first-order chi connectivity index (χ1) is 13.1. The first-order valence-electron chi connectivity index (χ1n) is 8.18. The van der Waals surface area contributed by atoms with E-state index in [0.717, 1.165) is 10.4 Å². The molecule has 0 saturated heterocycles. The summed E-state index contributed by atoms with van der Waals surface area (Å²) in [5.41, 5.74) is 0.825. The number of ether oxygens (including phenoxy) is 1. The predicted octanol–water partition coefficient (Wildman–Crippen LogP) is 3.09. The minimum atomic E-state index is -0.489. The average Bonchev–Trinajstić information content (AvgIpc) is 3.32. The molecule has 2 aromatic heterocycles. The summed E-state index contributed by atoms with van der Waals surface area (Å²) in [7, 11) is 1.32. The van der Waals surface area contributed by atoms with Crippen LogP contribution in [-0.2, 0) is 20.9 Å². The molecular formula is C18H18N4O3S2. The number of nitrogens with one attached hydrogen (secondary N) is 2. The highest BCUT2D eigenvalue weighted by Gasteiger charge is 2.20. The van der Waals surface area contributed by atoms with Crippen LogP contribution in [0.15, 0.2) is 47.8 Å². The zero-order valence-electron chi connectivity index (χ0n) is 14.5. The number of carbonyl (C=O) groups excluding carboxylic acids is 2. The van der Waals surface area contributed by atoms with Gasteiger partial charge in [0.25, 0.3) is 0 Å². The maximum absolute atomic E-state index is 12.7. The summed E-state index contributed by atoms with van der Waals surface area (Å²) < 4.78 is 6.75. The number of aromatic amines is 1. The number of methoxy groups -OCH3 is 1. The lowest BCUT2D eigenvalue weighted by atomic mass is 10.0. The Morgan fingerprint density at radius 1 is 1.30 bits per heavy atom. The molecule has 140 valence electrons. The summed E-state index contributed by atoms with van der Waals surface area (Å²) in [6.07, 6.45) is 0.0425. The second kappa shape index (κ2) is 8.74. The summed E-state index contributed by atoms with van der Waals surface area (Å²) >= 11 is 6.77. The van der Waals surface area contributed by atoms with Gasteiger partial charge in [-0.05, 0) is 29.2 Å². The highest BCUT2D eigenvalue weighted by atomic mass is 32.1. The van der Waals surface area contributed by atoms with Crippen molar-refractivity contribution in [1.29, 1.82) is 0 Å². The number of amides is 1. The standard InChI is InChI=1S/C18H18N4O3S2/c1-25-16(24)10-13(12-6-3-2-4-7-12)19-15(23)11-22-17(20-21-18(22)26)14-8-5-9-27-14/h2-9,13H,10-11H2,1H3,(H,19,23)(H,21,26). The first kappa shape index (κ1) is 19.0. The Hall–Kier alpha value is -2.78. The van der Waals surface area contributed by atoms with E-state index in [1.165, 1.54) is 18.4 Å². The van der Waals surface area contributed by atoms with Crippen molar-refractivity contribution in [2.45, 2.75) is 19.0 Å². The molecule has 1 amide bonds. The van der Waals surface area contributed by atoms with Crippen molar-refractivity contribution in [3.8, 4) is 10.7 Å². The van der Waals surface area contributed by atoms with Crippen molar-refractivity contribution in [2.75, 3.05) is 7.11 Å². The molecule has 1 unspecified atom stereocenters. The molecule has 27 heavy (non-hydrogen) atoms. The van der Waals surface area contributed by atoms with Crippen molar-refractivity contribution < 1.29 is 14.3 Å². The number of aromatic nitrogens is 3. The Balaban J connectivity index is 1.78. The fourth-order valence-corrected chi connectivity index (χ4v) is 3.55. The molecular weight excluding hydrogens is 384 g/mol. The minimum Gasteiger partial charge on any atom is -0.469 e. The molecule has 1 aromatic carbocycles. The van der Waals surface area contributed by atoms with Crippen LogP contribution < -0.4 is 5.32 Å². The van der Waals surface area contributed by atoms with Crippen molar-refractivity contribution in [2.24, 2.45) is 0 Å². The van der Waals surface area contributed by atoms with Crippen LogP contribution in [0.1, 0.15) is 18.0 Å². The highest BCUT2D eigenvalue weighted by molar-refractivity contribution is 7.71. The number of esters is 1. The van der Waals surface area contributed by atoms with Crippen LogP contribution in [0.25, 0.3) is 10.7 Å². The van der Waals surface area contributed by atoms with Gasteiger partial charge in [-0.1, -0.05) is 36.4 Å². The molecule has 0 spiro atoms. The molecule has 0 radical (unpaired) electrons. The summed E-state index contributed by atoms with van der Waals surface area (Å²) in [6.45, 7) is -0.00687. The molecule has 0 aliphatic carbocycles. The molecule has 0 aliphatic rings. The molecule has 1 atom stereocenters. The average molecular weight is 403 g/mol. The highest BCUT2D eigenvalue weighted by Crippen LogP contribution is 2.23. The fraction of sp³-hybridized carbons (Fsp3) is 0.222. The third-order valence-electron chi connectivity index (χ3n) is 3.94. The Morgan fingerprint density at radius 3 is 2.74 bits per heavy atom. The third kappa shape index (κ3) is 4.69. The number of thiophene rings is 1. The van der Waals surface area contributed by atoms with Crippen LogP contribution in [0.5, 0.6) is 0 Å². The van der Waals surface area contributed by atoms with Gasteiger partial charge in [0.15, 0.2) is 10.6 Å². The maximum Gasteiger partial charge on any atom is 0.307 e. The fourth-order valence-electron chi connectivity index (χ4n) is 2.63. The second-order valence-corrected chi connectivity index (χ2v) is 7.06. The van der Waals surface area contributed by atoms with E-state index < -0.39 is 12.0 Å². The van der Waals surface area contributed by atoms with Gasteiger partial charge in [-0.15, -0.1) is 11.3 Å². The lowest BCUT2D eigenvalue weighted by Gasteiger charge is -2.18.